The first-order valence-corrected chi connectivity index (χ1v) is 6.45. The van der Waals surface area contributed by atoms with Gasteiger partial charge in [0.25, 0.3) is 0 Å². The van der Waals surface area contributed by atoms with Crippen LogP contribution in [0.4, 0.5) is 0 Å². The Labute approximate surface area is 118 Å². The molecule has 3 nitrogen and oxygen atoms in total. The van der Waals surface area contributed by atoms with Gasteiger partial charge in [0.05, 0.1) is 5.57 Å². The summed E-state index contributed by atoms with van der Waals surface area (Å²) in [6, 6.07) is 17.4. The third-order valence-electron chi connectivity index (χ3n) is 2.96. The van der Waals surface area contributed by atoms with E-state index in [-0.39, 0.29) is 5.57 Å². The standard InChI is InChI=1S/C17H16O3/c1-2-13(17(18)19)12-20-16-11-7-6-10-15(16)14-8-4-3-5-9-14/h3-12H,2H2,1H3,(H,18,19). The molecule has 2 aromatic rings. The van der Waals surface area contributed by atoms with E-state index in [0.717, 1.165) is 11.1 Å². The van der Waals surface area contributed by atoms with Crippen LogP contribution in [0, 0.1) is 0 Å². The van der Waals surface area contributed by atoms with Crippen LogP contribution >= 0.6 is 0 Å². The maximum Gasteiger partial charge on any atom is 0.334 e. The molecule has 0 saturated heterocycles. The Balaban J connectivity index is 2.32. The number of para-hydroxylation sites is 1. The quantitative estimate of drug-likeness (QED) is 0.655. The van der Waals surface area contributed by atoms with Gasteiger partial charge in [0.1, 0.15) is 12.0 Å². The van der Waals surface area contributed by atoms with E-state index in [1.165, 1.54) is 6.26 Å². The molecular weight excluding hydrogens is 252 g/mol. The highest BCUT2D eigenvalue weighted by Gasteiger charge is 2.07. The first kappa shape index (κ1) is 13.9. The van der Waals surface area contributed by atoms with Gasteiger partial charge < -0.3 is 9.84 Å². The number of aliphatic carboxylic acids is 1. The number of carbonyl (C=O) groups is 1. The van der Waals surface area contributed by atoms with Crippen molar-refractivity contribution < 1.29 is 14.6 Å². The normalized spacial score (nSPS) is 11.2. The van der Waals surface area contributed by atoms with Gasteiger partial charge in [-0.25, -0.2) is 4.79 Å². The molecule has 0 aliphatic carbocycles. The van der Waals surface area contributed by atoms with E-state index in [2.05, 4.69) is 0 Å². The summed E-state index contributed by atoms with van der Waals surface area (Å²) in [7, 11) is 0. The Kier molecular flexibility index (Phi) is 4.56. The van der Waals surface area contributed by atoms with E-state index in [1.807, 2.05) is 54.6 Å². The summed E-state index contributed by atoms with van der Waals surface area (Å²) in [4.78, 5) is 11.0. The van der Waals surface area contributed by atoms with Crippen LogP contribution in [0.25, 0.3) is 11.1 Å². The predicted molar refractivity (Wildman–Crippen MR) is 78.5 cm³/mol. The minimum absolute atomic E-state index is 0.243. The van der Waals surface area contributed by atoms with Crippen LogP contribution in [0.3, 0.4) is 0 Å². The van der Waals surface area contributed by atoms with Gasteiger partial charge in [-0.3, -0.25) is 0 Å². The molecule has 0 unspecified atom stereocenters. The molecule has 0 heterocycles. The molecule has 2 rings (SSSR count). The zero-order chi connectivity index (χ0) is 14.4. The molecule has 0 aromatic heterocycles. The molecule has 1 N–H and O–H groups in total. The summed E-state index contributed by atoms with van der Waals surface area (Å²) in [5.41, 5.74) is 2.21. The van der Waals surface area contributed by atoms with Gasteiger partial charge in [0.15, 0.2) is 0 Å². The van der Waals surface area contributed by atoms with Crippen molar-refractivity contribution in [3.05, 3.63) is 66.4 Å². The van der Waals surface area contributed by atoms with Crippen LogP contribution in [-0.4, -0.2) is 11.1 Å². The molecule has 0 aliphatic heterocycles. The highest BCUT2D eigenvalue weighted by atomic mass is 16.5. The fraction of sp³-hybridized carbons (Fsp3) is 0.118. The second kappa shape index (κ2) is 6.57. The number of carboxylic acid groups (broad SMARTS) is 1. The van der Waals surface area contributed by atoms with Crippen molar-refractivity contribution >= 4 is 5.97 Å². The van der Waals surface area contributed by atoms with Gasteiger partial charge in [-0.2, -0.15) is 0 Å². The van der Waals surface area contributed by atoms with Gasteiger partial charge in [0.2, 0.25) is 0 Å². The molecule has 3 heteroatoms. The van der Waals surface area contributed by atoms with Gasteiger partial charge in [0, 0.05) is 5.56 Å². The maximum atomic E-state index is 11.0. The van der Waals surface area contributed by atoms with E-state index < -0.39 is 5.97 Å². The Bertz CT molecular complexity index is 615. The van der Waals surface area contributed by atoms with Crippen molar-refractivity contribution in [3.63, 3.8) is 0 Å². The van der Waals surface area contributed by atoms with Crippen LogP contribution in [0.15, 0.2) is 66.4 Å². The van der Waals surface area contributed by atoms with Gasteiger partial charge >= 0.3 is 5.97 Å². The van der Waals surface area contributed by atoms with E-state index in [9.17, 15) is 4.79 Å². The zero-order valence-electron chi connectivity index (χ0n) is 11.2. The molecular formula is C17H16O3. The SMILES string of the molecule is CCC(=COc1ccccc1-c1ccccc1)C(=O)O. The lowest BCUT2D eigenvalue weighted by Crippen LogP contribution is -2.01. The number of carboxylic acids is 1. The first-order valence-electron chi connectivity index (χ1n) is 6.45. The average Bonchev–Trinajstić information content (AvgIpc) is 2.49. The van der Waals surface area contributed by atoms with Crippen molar-refractivity contribution in [2.24, 2.45) is 0 Å². The highest BCUT2D eigenvalue weighted by Crippen LogP contribution is 2.29. The second-order valence-electron chi connectivity index (χ2n) is 4.28. The lowest BCUT2D eigenvalue weighted by atomic mass is 10.1. The van der Waals surface area contributed by atoms with Gasteiger partial charge in [-0.05, 0) is 18.1 Å². The summed E-state index contributed by atoms with van der Waals surface area (Å²) in [6.45, 7) is 1.78. The van der Waals surface area contributed by atoms with Crippen molar-refractivity contribution in [1.29, 1.82) is 0 Å². The molecule has 0 fully saturated rings. The lowest BCUT2D eigenvalue weighted by Gasteiger charge is -2.09. The van der Waals surface area contributed by atoms with Gasteiger partial charge in [-0.1, -0.05) is 55.5 Å². The molecule has 0 radical (unpaired) electrons. The number of hydrogen-bond donors (Lipinski definition) is 1. The number of benzene rings is 2. The van der Waals surface area contributed by atoms with Crippen LogP contribution in [-0.2, 0) is 4.79 Å². The van der Waals surface area contributed by atoms with Gasteiger partial charge in [-0.15, -0.1) is 0 Å². The molecule has 0 aliphatic rings. The van der Waals surface area contributed by atoms with E-state index in [0.29, 0.717) is 12.2 Å². The van der Waals surface area contributed by atoms with E-state index in [4.69, 9.17) is 9.84 Å². The average molecular weight is 268 g/mol. The minimum Gasteiger partial charge on any atom is -0.478 e. The van der Waals surface area contributed by atoms with Crippen molar-refractivity contribution in [3.8, 4) is 16.9 Å². The Hall–Kier alpha value is -2.55. The van der Waals surface area contributed by atoms with Crippen LogP contribution in [0.5, 0.6) is 5.75 Å². The van der Waals surface area contributed by atoms with Crippen molar-refractivity contribution in [2.75, 3.05) is 0 Å². The summed E-state index contributed by atoms with van der Waals surface area (Å²) < 4.78 is 5.56. The maximum absolute atomic E-state index is 11.0. The summed E-state index contributed by atoms with van der Waals surface area (Å²) >= 11 is 0. The Morgan fingerprint density at radius 1 is 1.10 bits per heavy atom. The third kappa shape index (κ3) is 3.26. The first-order chi connectivity index (χ1) is 9.72. The van der Waals surface area contributed by atoms with E-state index >= 15 is 0 Å². The zero-order valence-corrected chi connectivity index (χ0v) is 11.2. The summed E-state index contributed by atoms with van der Waals surface area (Å²) in [5.74, 6) is -0.310. The number of ether oxygens (including phenoxy) is 1. The third-order valence-corrected chi connectivity index (χ3v) is 2.96. The molecule has 0 spiro atoms. The fourth-order valence-electron chi connectivity index (χ4n) is 1.85. The Morgan fingerprint density at radius 3 is 2.40 bits per heavy atom. The smallest absolute Gasteiger partial charge is 0.334 e. The van der Waals surface area contributed by atoms with Crippen molar-refractivity contribution in [1.82, 2.24) is 0 Å². The summed E-state index contributed by atoms with van der Waals surface area (Å²) in [5, 5.41) is 8.99. The molecule has 2 aromatic carbocycles. The number of hydrogen-bond acceptors (Lipinski definition) is 2. The van der Waals surface area contributed by atoms with E-state index in [1.54, 1.807) is 6.92 Å². The highest BCUT2D eigenvalue weighted by molar-refractivity contribution is 5.86. The van der Waals surface area contributed by atoms with Crippen molar-refractivity contribution in [2.45, 2.75) is 13.3 Å². The Morgan fingerprint density at radius 2 is 1.75 bits per heavy atom. The van der Waals surface area contributed by atoms with Crippen LogP contribution in [0.1, 0.15) is 13.3 Å². The lowest BCUT2D eigenvalue weighted by molar-refractivity contribution is -0.132. The minimum atomic E-state index is -0.954. The molecule has 0 atom stereocenters. The van der Waals surface area contributed by atoms with Crippen LogP contribution in [0.2, 0.25) is 0 Å². The molecule has 102 valence electrons. The molecule has 0 amide bonds. The monoisotopic (exact) mass is 268 g/mol. The molecule has 0 saturated carbocycles. The summed E-state index contributed by atoms with van der Waals surface area (Å²) in [6.07, 6.45) is 1.73. The number of rotatable bonds is 5. The predicted octanol–water partition coefficient (Wildman–Crippen LogP) is 4.11. The molecule has 20 heavy (non-hydrogen) atoms. The fourth-order valence-corrected chi connectivity index (χ4v) is 1.85. The second-order valence-corrected chi connectivity index (χ2v) is 4.28. The largest absolute Gasteiger partial charge is 0.478 e. The van der Waals surface area contributed by atoms with Crippen LogP contribution < -0.4 is 4.74 Å². The topological polar surface area (TPSA) is 46.5 Å². The molecule has 0 bridgehead atoms.